The van der Waals surface area contributed by atoms with Gasteiger partial charge in [-0.25, -0.2) is 0 Å². The number of hydrogen-bond donors (Lipinski definition) is 0. The van der Waals surface area contributed by atoms with E-state index in [1.165, 1.54) is 6.42 Å². The molecule has 0 aliphatic carbocycles. The van der Waals surface area contributed by atoms with Crippen molar-refractivity contribution >= 4 is 0 Å². The summed E-state index contributed by atoms with van der Waals surface area (Å²) < 4.78 is 5.21. The maximum Gasteiger partial charge on any atom is 0.0891 e. The van der Waals surface area contributed by atoms with Crippen molar-refractivity contribution in [2.75, 3.05) is 6.61 Å². The summed E-state index contributed by atoms with van der Waals surface area (Å²) in [5, 5.41) is 0. The van der Waals surface area contributed by atoms with Crippen LogP contribution in [0.25, 0.3) is 0 Å². The molecule has 1 heteroatoms. The van der Waals surface area contributed by atoms with Crippen molar-refractivity contribution in [3.63, 3.8) is 0 Å². The Bertz CT molecular complexity index is 82.4. The van der Waals surface area contributed by atoms with Gasteiger partial charge in [0.05, 0.1) is 12.2 Å². The van der Waals surface area contributed by atoms with E-state index in [1.54, 1.807) is 0 Å². The summed E-state index contributed by atoms with van der Waals surface area (Å²) in [6.45, 7) is 7.61. The summed E-state index contributed by atoms with van der Waals surface area (Å²) in [6.07, 6.45) is 1.22. The van der Waals surface area contributed by atoms with Crippen LogP contribution >= 0.6 is 0 Å². The van der Waals surface area contributed by atoms with Crippen LogP contribution in [0.2, 0.25) is 0 Å². The standard InChI is InChI=1S/C7H14O/c1-6(2)4-7(3)5-8-7/h6H,4-5H2,1-3H3/t7-/m0/s1. The van der Waals surface area contributed by atoms with Gasteiger partial charge in [0, 0.05) is 0 Å². The average Bonchev–Trinajstić information content (AvgIpc) is 2.17. The van der Waals surface area contributed by atoms with Crippen LogP contribution < -0.4 is 0 Å². The smallest absolute Gasteiger partial charge is 0.0891 e. The first-order chi connectivity index (χ1) is 3.62. The van der Waals surface area contributed by atoms with Gasteiger partial charge < -0.3 is 4.74 Å². The first-order valence-electron chi connectivity index (χ1n) is 3.26. The number of ether oxygens (including phenoxy) is 1. The summed E-state index contributed by atoms with van der Waals surface area (Å²) in [5.74, 6) is 0.780. The van der Waals surface area contributed by atoms with E-state index in [4.69, 9.17) is 4.74 Å². The van der Waals surface area contributed by atoms with Crippen LogP contribution in [-0.2, 0) is 4.74 Å². The Morgan fingerprint density at radius 1 is 1.62 bits per heavy atom. The fraction of sp³-hybridized carbons (Fsp3) is 1.00. The number of rotatable bonds is 2. The van der Waals surface area contributed by atoms with Gasteiger partial charge in [-0.05, 0) is 19.3 Å². The molecule has 0 aromatic rings. The minimum absolute atomic E-state index is 0.272. The molecular weight excluding hydrogens is 100 g/mol. The summed E-state index contributed by atoms with van der Waals surface area (Å²) in [6, 6.07) is 0. The van der Waals surface area contributed by atoms with Crippen LogP contribution in [0.1, 0.15) is 27.2 Å². The molecule has 0 radical (unpaired) electrons. The van der Waals surface area contributed by atoms with Crippen LogP contribution in [0.5, 0.6) is 0 Å². The van der Waals surface area contributed by atoms with E-state index in [9.17, 15) is 0 Å². The van der Waals surface area contributed by atoms with Gasteiger partial charge in [-0.15, -0.1) is 0 Å². The molecule has 0 aromatic heterocycles. The Hall–Kier alpha value is -0.0400. The van der Waals surface area contributed by atoms with E-state index in [1.807, 2.05) is 0 Å². The predicted octanol–water partition coefficient (Wildman–Crippen LogP) is 1.82. The van der Waals surface area contributed by atoms with Gasteiger partial charge >= 0.3 is 0 Å². The highest BCUT2D eigenvalue weighted by Gasteiger charge is 2.39. The SMILES string of the molecule is CC(C)C[C@@]1(C)CO1. The Balaban J connectivity index is 2.19. The maximum absolute atomic E-state index is 5.21. The third-order valence-electron chi connectivity index (χ3n) is 1.48. The van der Waals surface area contributed by atoms with Crippen LogP contribution in [0.4, 0.5) is 0 Å². The Kier molecular flexibility index (Phi) is 1.31. The van der Waals surface area contributed by atoms with Crippen LogP contribution in [-0.4, -0.2) is 12.2 Å². The summed E-state index contributed by atoms with van der Waals surface area (Å²) in [7, 11) is 0. The second kappa shape index (κ2) is 1.73. The van der Waals surface area contributed by atoms with Crippen molar-refractivity contribution in [2.45, 2.75) is 32.8 Å². The molecular formula is C7H14O. The zero-order valence-corrected chi connectivity index (χ0v) is 5.90. The molecule has 0 saturated carbocycles. The van der Waals surface area contributed by atoms with E-state index in [0.717, 1.165) is 12.5 Å². The van der Waals surface area contributed by atoms with Gasteiger partial charge in [0.1, 0.15) is 0 Å². The summed E-state index contributed by atoms with van der Waals surface area (Å²) >= 11 is 0. The number of epoxide rings is 1. The Labute approximate surface area is 51.0 Å². The summed E-state index contributed by atoms with van der Waals surface area (Å²) in [5.41, 5.74) is 0.272. The Morgan fingerprint density at radius 3 is 2.25 bits per heavy atom. The van der Waals surface area contributed by atoms with Crippen LogP contribution in [0, 0.1) is 5.92 Å². The molecule has 0 unspecified atom stereocenters. The van der Waals surface area contributed by atoms with Crippen LogP contribution in [0.3, 0.4) is 0 Å². The highest BCUT2D eigenvalue weighted by atomic mass is 16.6. The lowest BCUT2D eigenvalue weighted by Crippen LogP contribution is -2.07. The molecule has 48 valence electrons. The Morgan fingerprint density at radius 2 is 2.12 bits per heavy atom. The molecule has 1 heterocycles. The molecule has 0 spiro atoms. The first-order valence-corrected chi connectivity index (χ1v) is 3.26. The molecule has 1 nitrogen and oxygen atoms in total. The van der Waals surface area contributed by atoms with Crippen molar-refractivity contribution in [1.82, 2.24) is 0 Å². The van der Waals surface area contributed by atoms with Gasteiger partial charge in [-0.1, -0.05) is 13.8 Å². The fourth-order valence-electron chi connectivity index (χ4n) is 1.10. The molecule has 0 bridgehead atoms. The van der Waals surface area contributed by atoms with Gasteiger partial charge in [-0.3, -0.25) is 0 Å². The quantitative estimate of drug-likeness (QED) is 0.499. The van der Waals surface area contributed by atoms with Crippen LogP contribution in [0.15, 0.2) is 0 Å². The van der Waals surface area contributed by atoms with E-state index in [-0.39, 0.29) is 5.60 Å². The predicted molar refractivity (Wildman–Crippen MR) is 33.8 cm³/mol. The topological polar surface area (TPSA) is 12.5 Å². The number of hydrogen-bond acceptors (Lipinski definition) is 1. The largest absolute Gasteiger partial charge is 0.370 e. The van der Waals surface area contributed by atoms with Gasteiger partial charge in [0.25, 0.3) is 0 Å². The second-order valence-corrected chi connectivity index (χ2v) is 3.34. The maximum atomic E-state index is 5.21. The normalized spacial score (nSPS) is 36.0. The molecule has 1 atom stereocenters. The molecule has 1 aliphatic rings. The van der Waals surface area contributed by atoms with Crippen molar-refractivity contribution in [3.05, 3.63) is 0 Å². The minimum atomic E-state index is 0.272. The van der Waals surface area contributed by atoms with Crippen molar-refractivity contribution in [3.8, 4) is 0 Å². The van der Waals surface area contributed by atoms with E-state index < -0.39 is 0 Å². The van der Waals surface area contributed by atoms with Crippen molar-refractivity contribution in [2.24, 2.45) is 5.92 Å². The summed E-state index contributed by atoms with van der Waals surface area (Å²) in [4.78, 5) is 0. The van der Waals surface area contributed by atoms with E-state index in [2.05, 4.69) is 20.8 Å². The third kappa shape index (κ3) is 1.48. The monoisotopic (exact) mass is 114 g/mol. The van der Waals surface area contributed by atoms with Gasteiger partial charge in [0.15, 0.2) is 0 Å². The molecule has 0 amide bonds. The molecule has 1 rings (SSSR count). The highest BCUT2D eigenvalue weighted by Crippen LogP contribution is 2.32. The molecule has 0 aromatic carbocycles. The third-order valence-corrected chi connectivity index (χ3v) is 1.48. The molecule has 1 fully saturated rings. The zero-order valence-electron chi connectivity index (χ0n) is 5.90. The minimum Gasteiger partial charge on any atom is -0.370 e. The second-order valence-electron chi connectivity index (χ2n) is 3.34. The lowest BCUT2D eigenvalue weighted by molar-refractivity contribution is 0.283. The first kappa shape index (κ1) is 6.09. The van der Waals surface area contributed by atoms with Crippen molar-refractivity contribution < 1.29 is 4.74 Å². The molecule has 1 aliphatic heterocycles. The average molecular weight is 114 g/mol. The fourth-order valence-corrected chi connectivity index (χ4v) is 1.10. The van der Waals surface area contributed by atoms with E-state index >= 15 is 0 Å². The molecule has 1 saturated heterocycles. The highest BCUT2D eigenvalue weighted by molar-refractivity contribution is 4.87. The zero-order chi connectivity index (χ0) is 6.20. The lowest BCUT2D eigenvalue weighted by Gasteiger charge is -2.06. The molecule has 8 heavy (non-hydrogen) atoms. The molecule has 0 N–H and O–H groups in total. The van der Waals surface area contributed by atoms with Crippen molar-refractivity contribution in [1.29, 1.82) is 0 Å². The van der Waals surface area contributed by atoms with Gasteiger partial charge in [-0.2, -0.15) is 0 Å². The van der Waals surface area contributed by atoms with Gasteiger partial charge in [0.2, 0.25) is 0 Å². The van der Waals surface area contributed by atoms with E-state index in [0.29, 0.717) is 0 Å². The lowest BCUT2D eigenvalue weighted by atomic mass is 10.0.